The van der Waals surface area contributed by atoms with Crippen molar-refractivity contribution in [2.45, 2.75) is 0 Å². The van der Waals surface area contributed by atoms with E-state index in [-0.39, 0.29) is 0 Å². The minimum absolute atomic E-state index is 0.339. The second-order valence-electron chi connectivity index (χ2n) is 12.9. The first-order valence-electron chi connectivity index (χ1n) is 17.1. The van der Waals surface area contributed by atoms with Gasteiger partial charge in [0.1, 0.15) is 11.5 Å². The molecule has 0 atom stereocenters. The van der Waals surface area contributed by atoms with Crippen molar-refractivity contribution >= 4 is 79.0 Å². The van der Waals surface area contributed by atoms with Crippen LogP contribution in [0.4, 0.5) is 0 Å². The molecule has 0 heterocycles. The van der Waals surface area contributed by atoms with Crippen LogP contribution in [0.15, 0.2) is 194 Å². The summed E-state index contributed by atoms with van der Waals surface area (Å²) >= 11 is 0. The molecule has 250 valence electrons. The Morgan fingerprint density at radius 1 is 0.269 bits per heavy atom. The molecule has 0 amide bonds. The van der Waals surface area contributed by atoms with Gasteiger partial charge in [-0.05, 0) is 104 Å². The first-order valence-corrected chi connectivity index (χ1v) is 20.4. The zero-order valence-electron chi connectivity index (χ0n) is 28.0. The predicted molar refractivity (Wildman–Crippen MR) is 217 cm³/mol. The van der Waals surface area contributed by atoms with Crippen LogP contribution >= 0.6 is 14.7 Å². The van der Waals surface area contributed by atoms with E-state index in [4.69, 9.17) is 9.05 Å². The highest BCUT2D eigenvalue weighted by atomic mass is 31.2. The van der Waals surface area contributed by atoms with Crippen LogP contribution in [0.2, 0.25) is 0 Å². The van der Waals surface area contributed by atoms with E-state index in [9.17, 15) is 0 Å². The maximum absolute atomic E-state index is 15.4. The third-order valence-corrected chi connectivity index (χ3v) is 14.3. The molecule has 9 rings (SSSR count). The minimum Gasteiger partial charge on any atom is -0.437 e. The third kappa shape index (κ3) is 5.87. The highest BCUT2D eigenvalue weighted by Gasteiger charge is 2.33. The standard InChI is InChI=1S/C46H32O4P2/c47-51(43-24-20-33-10-1-5-14-37(33)28-43,44-25-21-34-11-2-6-15-38(34)29-44)49-41-18-9-19-42(32-41)50-52(48,45-26-22-35-12-3-7-16-39(35)30-45)46-27-23-36-13-4-8-17-40(36)31-46/h1-32H. The molecule has 0 aliphatic rings. The topological polar surface area (TPSA) is 52.6 Å². The van der Waals surface area contributed by atoms with Crippen LogP contribution in [0.25, 0.3) is 43.1 Å². The predicted octanol–water partition coefficient (Wildman–Crippen LogP) is 10.9. The molecule has 0 aliphatic carbocycles. The maximum Gasteiger partial charge on any atom is 0.306 e. The molecule has 0 saturated carbocycles. The molecule has 0 spiro atoms. The SMILES string of the molecule is O=P(Oc1cccc(OP(=O)(c2ccc3ccccc3c2)c2ccc3ccccc3c2)c1)(c1ccc2ccccc2c1)c1ccc2ccccc2c1. The molecule has 0 radical (unpaired) electrons. The fraction of sp³-hybridized carbons (Fsp3) is 0. The van der Waals surface area contributed by atoms with Crippen molar-refractivity contribution < 1.29 is 18.2 Å². The Labute approximate surface area is 301 Å². The summed E-state index contributed by atoms with van der Waals surface area (Å²) in [6.45, 7) is 0. The Hall–Kier alpha value is -5.92. The fourth-order valence-electron chi connectivity index (χ4n) is 6.83. The van der Waals surface area contributed by atoms with Crippen LogP contribution in [0.3, 0.4) is 0 Å². The highest BCUT2D eigenvalue weighted by Crippen LogP contribution is 2.50. The van der Waals surface area contributed by atoms with Crippen LogP contribution < -0.4 is 30.3 Å². The first kappa shape index (κ1) is 32.0. The number of fused-ring (bicyclic) bond motifs is 4. The van der Waals surface area contributed by atoms with Crippen molar-refractivity contribution in [2.75, 3.05) is 0 Å². The summed E-state index contributed by atoms with van der Waals surface area (Å²) in [6.07, 6.45) is 0. The number of hydrogen-bond donors (Lipinski definition) is 0. The summed E-state index contributed by atoms with van der Waals surface area (Å²) in [7, 11) is -7.44. The normalized spacial score (nSPS) is 12.0. The summed E-state index contributed by atoms with van der Waals surface area (Å²) in [5.74, 6) is 0.677. The average molecular weight is 711 g/mol. The van der Waals surface area contributed by atoms with E-state index >= 15 is 9.13 Å². The Balaban J connectivity index is 1.15. The van der Waals surface area contributed by atoms with Crippen molar-refractivity contribution in [2.24, 2.45) is 0 Å². The Bertz CT molecular complexity index is 2540. The average Bonchev–Trinajstić information content (AvgIpc) is 3.20. The molecule has 0 unspecified atom stereocenters. The smallest absolute Gasteiger partial charge is 0.306 e. The lowest BCUT2D eigenvalue weighted by Crippen LogP contribution is -2.21. The first-order chi connectivity index (χ1) is 25.4. The van der Waals surface area contributed by atoms with Crippen LogP contribution in [0, 0.1) is 0 Å². The van der Waals surface area contributed by atoms with Crippen LogP contribution in [-0.4, -0.2) is 0 Å². The largest absolute Gasteiger partial charge is 0.437 e. The van der Waals surface area contributed by atoms with Crippen molar-refractivity contribution in [3.05, 3.63) is 194 Å². The lowest BCUT2D eigenvalue weighted by atomic mass is 10.1. The molecule has 0 fully saturated rings. The molecule has 0 N–H and O–H groups in total. The van der Waals surface area contributed by atoms with Gasteiger partial charge in [0.05, 0.1) is 21.2 Å². The molecule has 0 bridgehead atoms. The van der Waals surface area contributed by atoms with E-state index in [1.165, 1.54) is 0 Å². The quantitative estimate of drug-likeness (QED) is 0.147. The Kier molecular flexibility index (Phi) is 8.01. The van der Waals surface area contributed by atoms with E-state index in [1.807, 2.05) is 170 Å². The minimum atomic E-state index is -3.72. The van der Waals surface area contributed by atoms with E-state index in [0.717, 1.165) is 43.1 Å². The Morgan fingerprint density at radius 2 is 0.538 bits per heavy atom. The zero-order valence-corrected chi connectivity index (χ0v) is 29.8. The van der Waals surface area contributed by atoms with E-state index in [2.05, 4.69) is 0 Å². The number of hydrogen-bond acceptors (Lipinski definition) is 4. The van der Waals surface area contributed by atoms with Crippen molar-refractivity contribution in [3.8, 4) is 11.5 Å². The molecular formula is C46H32O4P2. The van der Waals surface area contributed by atoms with Gasteiger partial charge in [0.25, 0.3) is 0 Å². The molecule has 6 heteroatoms. The van der Waals surface area contributed by atoms with Gasteiger partial charge in [-0.1, -0.05) is 127 Å². The lowest BCUT2D eigenvalue weighted by molar-refractivity contribution is 0.492. The highest BCUT2D eigenvalue weighted by molar-refractivity contribution is 7.75. The van der Waals surface area contributed by atoms with Gasteiger partial charge in [-0.25, -0.2) is 0 Å². The molecule has 0 saturated heterocycles. The molecule has 9 aromatic rings. The van der Waals surface area contributed by atoms with Gasteiger partial charge in [0, 0.05) is 6.07 Å². The van der Waals surface area contributed by atoms with Crippen LogP contribution in [0.1, 0.15) is 0 Å². The van der Waals surface area contributed by atoms with Gasteiger partial charge in [-0.2, -0.15) is 0 Å². The van der Waals surface area contributed by atoms with E-state index < -0.39 is 14.7 Å². The van der Waals surface area contributed by atoms with Gasteiger partial charge in [0.15, 0.2) is 0 Å². The maximum atomic E-state index is 15.4. The third-order valence-electron chi connectivity index (χ3n) is 9.57. The molecule has 52 heavy (non-hydrogen) atoms. The second kappa shape index (κ2) is 13.0. The summed E-state index contributed by atoms with van der Waals surface area (Å²) in [4.78, 5) is 0. The summed E-state index contributed by atoms with van der Waals surface area (Å²) in [5.41, 5.74) is 0. The summed E-state index contributed by atoms with van der Waals surface area (Å²) < 4.78 is 44.2. The molecule has 0 aliphatic heterocycles. The lowest BCUT2D eigenvalue weighted by Gasteiger charge is -2.23. The number of rotatable bonds is 8. The van der Waals surface area contributed by atoms with Crippen molar-refractivity contribution in [1.29, 1.82) is 0 Å². The van der Waals surface area contributed by atoms with Crippen LogP contribution in [-0.2, 0) is 9.13 Å². The van der Waals surface area contributed by atoms with Crippen molar-refractivity contribution in [3.63, 3.8) is 0 Å². The fourth-order valence-corrected chi connectivity index (χ4v) is 11.0. The van der Waals surface area contributed by atoms with Crippen molar-refractivity contribution in [1.82, 2.24) is 0 Å². The monoisotopic (exact) mass is 710 g/mol. The molecule has 9 aromatic carbocycles. The van der Waals surface area contributed by atoms with E-state index in [1.54, 1.807) is 24.3 Å². The Morgan fingerprint density at radius 3 is 0.827 bits per heavy atom. The van der Waals surface area contributed by atoms with Gasteiger partial charge in [-0.3, -0.25) is 9.13 Å². The second-order valence-corrected chi connectivity index (χ2v) is 17.5. The zero-order chi connectivity index (χ0) is 35.1. The van der Waals surface area contributed by atoms with Gasteiger partial charge >= 0.3 is 14.7 Å². The molecular weight excluding hydrogens is 678 g/mol. The number of benzene rings is 9. The van der Waals surface area contributed by atoms with Gasteiger partial charge < -0.3 is 9.05 Å². The molecule has 4 nitrogen and oxygen atoms in total. The summed E-state index contributed by atoms with van der Waals surface area (Å²) in [5, 5.41) is 10.3. The van der Waals surface area contributed by atoms with E-state index in [0.29, 0.717) is 32.7 Å². The molecule has 0 aromatic heterocycles. The van der Waals surface area contributed by atoms with Crippen LogP contribution in [0.5, 0.6) is 11.5 Å². The summed E-state index contributed by atoms with van der Waals surface area (Å²) in [6, 6.07) is 62.2. The van der Waals surface area contributed by atoms with Gasteiger partial charge in [-0.15, -0.1) is 0 Å². The van der Waals surface area contributed by atoms with Gasteiger partial charge in [0.2, 0.25) is 0 Å².